The lowest BCUT2D eigenvalue weighted by Gasteiger charge is -2.08. The van der Waals surface area contributed by atoms with Crippen LogP contribution in [0.25, 0.3) is 11.0 Å². The lowest BCUT2D eigenvalue weighted by atomic mass is 10.1. The van der Waals surface area contributed by atoms with E-state index in [1.807, 2.05) is 36.4 Å². The van der Waals surface area contributed by atoms with Crippen LogP contribution >= 0.6 is 11.8 Å². The van der Waals surface area contributed by atoms with Gasteiger partial charge in [0.2, 0.25) is 5.96 Å². The molecular formula is C18H20N6O2S. The van der Waals surface area contributed by atoms with Gasteiger partial charge in [-0.1, -0.05) is 11.8 Å². The van der Waals surface area contributed by atoms with Crippen molar-refractivity contribution in [1.29, 1.82) is 0 Å². The van der Waals surface area contributed by atoms with Crippen LogP contribution in [-0.2, 0) is 5.75 Å². The van der Waals surface area contributed by atoms with Gasteiger partial charge in [0.05, 0.1) is 31.5 Å². The number of guanidine groups is 1. The summed E-state index contributed by atoms with van der Waals surface area (Å²) in [5, 5.41) is 8.26. The van der Waals surface area contributed by atoms with Crippen LogP contribution in [0.3, 0.4) is 0 Å². The van der Waals surface area contributed by atoms with Gasteiger partial charge in [-0.3, -0.25) is 0 Å². The Morgan fingerprint density at radius 2 is 2.04 bits per heavy atom. The Hall–Kier alpha value is -3.20. The zero-order valence-electron chi connectivity index (χ0n) is 15.0. The Morgan fingerprint density at radius 1 is 1.19 bits per heavy atom. The number of imidazole rings is 1. The summed E-state index contributed by atoms with van der Waals surface area (Å²) in [6.45, 7) is 0. The van der Waals surface area contributed by atoms with E-state index in [1.165, 1.54) is 0 Å². The zero-order chi connectivity index (χ0) is 19.2. The van der Waals surface area contributed by atoms with Crippen LogP contribution in [-0.4, -0.2) is 36.4 Å². The van der Waals surface area contributed by atoms with Crippen LogP contribution < -0.4 is 20.9 Å². The van der Waals surface area contributed by atoms with Crippen LogP contribution in [0.5, 0.6) is 11.5 Å². The quantitative estimate of drug-likeness (QED) is 0.249. The van der Waals surface area contributed by atoms with Crippen molar-refractivity contribution >= 4 is 35.0 Å². The molecule has 0 aliphatic heterocycles. The number of benzene rings is 2. The third kappa shape index (κ3) is 4.70. The van der Waals surface area contributed by atoms with Gasteiger partial charge in [0.25, 0.3) is 0 Å². The summed E-state index contributed by atoms with van der Waals surface area (Å²) >= 11 is 1.58. The number of hydrogen-bond acceptors (Lipinski definition) is 6. The number of rotatable bonds is 7. The molecule has 27 heavy (non-hydrogen) atoms. The van der Waals surface area contributed by atoms with Crippen molar-refractivity contribution in [3.63, 3.8) is 0 Å². The molecule has 0 atom stereocenters. The topological polar surface area (TPSA) is 124 Å². The van der Waals surface area contributed by atoms with Crippen molar-refractivity contribution in [2.24, 2.45) is 21.7 Å². The Morgan fingerprint density at radius 3 is 2.78 bits per heavy atom. The largest absolute Gasteiger partial charge is 0.497 e. The highest BCUT2D eigenvalue weighted by Gasteiger charge is 2.08. The van der Waals surface area contributed by atoms with E-state index in [0.29, 0.717) is 5.75 Å². The number of nitrogens with zero attached hydrogens (tertiary/aromatic N) is 3. The van der Waals surface area contributed by atoms with Gasteiger partial charge >= 0.3 is 0 Å². The molecule has 9 heteroatoms. The summed E-state index contributed by atoms with van der Waals surface area (Å²) in [4.78, 5) is 7.89. The van der Waals surface area contributed by atoms with E-state index in [0.717, 1.165) is 38.8 Å². The predicted molar refractivity (Wildman–Crippen MR) is 109 cm³/mol. The number of nitrogens with two attached hydrogens (primary N) is 2. The molecule has 5 N–H and O–H groups in total. The molecule has 8 nitrogen and oxygen atoms in total. The van der Waals surface area contributed by atoms with Gasteiger partial charge in [-0.25, -0.2) is 4.98 Å². The molecule has 0 saturated carbocycles. The van der Waals surface area contributed by atoms with E-state index < -0.39 is 0 Å². The van der Waals surface area contributed by atoms with Crippen LogP contribution in [0, 0.1) is 0 Å². The normalized spacial score (nSPS) is 11.0. The Bertz CT molecular complexity index is 995. The highest BCUT2D eigenvalue weighted by atomic mass is 32.2. The third-order valence-corrected chi connectivity index (χ3v) is 4.64. The molecule has 0 fully saturated rings. The number of thioether (sulfide) groups is 1. The smallest absolute Gasteiger partial charge is 0.211 e. The van der Waals surface area contributed by atoms with E-state index >= 15 is 0 Å². The molecule has 3 rings (SSSR count). The average molecular weight is 384 g/mol. The first kappa shape index (κ1) is 18.6. The van der Waals surface area contributed by atoms with Crippen LogP contribution in [0.1, 0.15) is 11.1 Å². The molecule has 140 valence electrons. The minimum Gasteiger partial charge on any atom is -0.497 e. The van der Waals surface area contributed by atoms with Crippen LogP contribution in [0.15, 0.2) is 51.8 Å². The van der Waals surface area contributed by atoms with Crippen molar-refractivity contribution in [2.75, 3.05) is 14.2 Å². The molecule has 0 aliphatic rings. The lowest BCUT2D eigenvalue weighted by Crippen LogP contribution is -2.21. The van der Waals surface area contributed by atoms with Crippen molar-refractivity contribution < 1.29 is 9.47 Å². The SMILES string of the molecule is COc1ccc2nc(SCc3cc(C=NN=C(N)N)ccc3OC)[nH]c2c1. The second-order valence-electron chi connectivity index (χ2n) is 5.55. The van der Waals surface area contributed by atoms with Gasteiger partial charge in [0.1, 0.15) is 11.5 Å². The fraction of sp³-hybridized carbons (Fsp3) is 0.167. The number of aromatic amines is 1. The lowest BCUT2D eigenvalue weighted by molar-refractivity contribution is 0.411. The van der Waals surface area contributed by atoms with E-state index in [2.05, 4.69) is 20.2 Å². The van der Waals surface area contributed by atoms with Gasteiger partial charge < -0.3 is 25.9 Å². The summed E-state index contributed by atoms with van der Waals surface area (Å²) in [5.74, 6) is 2.16. The average Bonchev–Trinajstić information content (AvgIpc) is 3.08. The second kappa shape index (κ2) is 8.45. The number of methoxy groups -OCH3 is 2. The minimum atomic E-state index is -0.0861. The van der Waals surface area contributed by atoms with Gasteiger partial charge in [-0.05, 0) is 35.9 Å². The molecule has 1 heterocycles. The molecular weight excluding hydrogens is 364 g/mol. The number of aromatic nitrogens is 2. The first-order chi connectivity index (χ1) is 13.1. The molecule has 0 spiro atoms. The summed E-state index contributed by atoms with van der Waals surface area (Å²) < 4.78 is 10.7. The van der Waals surface area contributed by atoms with E-state index in [1.54, 1.807) is 32.2 Å². The van der Waals surface area contributed by atoms with E-state index in [9.17, 15) is 0 Å². The van der Waals surface area contributed by atoms with Gasteiger partial charge in [-0.15, -0.1) is 5.10 Å². The Kier molecular flexibility index (Phi) is 5.82. The van der Waals surface area contributed by atoms with Crippen LogP contribution in [0.4, 0.5) is 0 Å². The predicted octanol–water partition coefficient (Wildman–Crippen LogP) is 2.48. The molecule has 0 aliphatic carbocycles. The Balaban J connectivity index is 1.78. The summed E-state index contributed by atoms with van der Waals surface area (Å²) in [6.07, 6.45) is 1.58. The molecule has 0 radical (unpaired) electrons. The zero-order valence-corrected chi connectivity index (χ0v) is 15.8. The molecule has 1 aromatic heterocycles. The number of H-pyrrole nitrogens is 1. The maximum Gasteiger partial charge on any atom is 0.211 e. The fourth-order valence-electron chi connectivity index (χ4n) is 2.46. The van der Waals surface area contributed by atoms with Crippen LogP contribution in [0.2, 0.25) is 0 Å². The van der Waals surface area contributed by atoms with E-state index in [4.69, 9.17) is 20.9 Å². The van der Waals surface area contributed by atoms with Gasteiger partial charge in [0, 0.05) is 17.4 Å². The molecule has 0 saturated heterocycles. The first-order valence-corrected chi connectivity index (χ1v) is 9.03. The van der Waals surface area contributed by atoms with Gasteiger partial charge in [0.15, 0.2) is 5.16 Å². The number of nitrogens with one attached hydrogen (secondary N) is 1. The standard InChI is InChI=1S/C18H20N6O2S/c1-25-13-4-5-14-15(8-13)23-18(22-14)27-10-12-7-11(3-6-16(12)26-2)9-21-24-17(19)20/h3-9H,10H2,1-2H3,(H,22,23)(H4,19,20,24). The van der Waals surface area contributed by atoms with Crippen molar-refractivity contribution in [3.8, 4) is 11.5 Å². The molecule has 2 aromatic carbocycles. The Labute approximate surface area is 160 Å². The summed E-state index contributed by atoms with van der Waals surface area (Å²) in [5.41, 5.74) is 14.2. The maximum absolute atomic E-state index is 5.45. The summed E-state index contributed by atoms with van der Waals surface area (Å²) in [6, 6.07) is 11.5. The second-order valence-corrected chi connectivity index (χ2v) is 6.52. The summed E-state index contributed by atoms with van der Waals surface area (Å²) in [7, 11) is 3.28. The molecule has 3 aromatic rings. The number of fused-ring (bicyclic) bond motifs is 1. The van der Waals surface area contributed by atoms with Gasteiger partial charge in [-0.2, -0.15) is 5.10 Å². The minimum absolute atomic E-state index is 0.0861. The number of hydrogen-bond donors (Lipinski definition) is 3. The highest BCUT2D eigenvalue weighted by Crippen LogP contribution is 2.29. The molecule has 0 unspecified atom stereocenters. The van der Waals surface area contributed by atoms with Crippen molar-refractivity contribution in [2.45, 2.75) is 10.9 Å². The van der Waals surface area contributed by atoms with Crippen molar-refractivity contribution in [3.05, 3.63) is 47.5 Å². The van der Waals surface area contributed by atoms with E-state index in [-0.39, 0.29) is 5.96 Å². The molecule has 0 amide bonds. The first-order valence-electron chi connectivity index (χ1n) is 8.04. The fourth-order valence-corrected chi connectivity index (χ4v) is 3.32. The molecule has 0 bridgehead atoms. The monoisotopic (exact) mass is 384 g/mol. The van der Waals surface area contributed by atoms with Crippen molar-refractivity contribution in [1.82, 2.24) is 9.97 Å². The number of ether oxygens (including phenoxy) is 2. The highest BCUT2D eigenvalue weighted by molar-refractivity contribution is 7.98. The maximum atomic E-state index is 5.45. The third-order valence-electron chi connectivity index (χ3n) is 3.72.